The summed E-state index contributed by atoms with van der Waals surface area (Å²) in [6.45, 7) is 3.41. The molecule has 0 aliphatic carbocycles. The standard InChI is InChI=1S/C16H18N2O/c1-3-9-18(10-4-2)16-14(12-19)11-13-7-5-6-8-15(13)17-16/h1,5-8,11,19H,4,9-10,12H2,2H3. The van der Waals surface area contributed by atoms with Gasteiger partial charge >= 0.3 is 0 Å². The number of hydrogen-bond donors (Lipinski definition) is 1. The first-order valence-corrected chi connectivity index (χ1v) is 6.48. The number of pyridine rings is 1. The Balaban J connectivity index is 2.53. The van der Waals surface area contributed by atoms with E-state index in [1.54, 1.807) is 0 Å². The summed E-state index contributed by atoms with van der Waals surface area (Å²) in [5.41, 5.74) is 1.75. The van der Waals surface area contributed by atoms with Crippen molar-refractivity contribution in [2.24, 2.45) is 0 Å². The van der Waals surface area contributed by atoms with E-state index in [9.17, 15) is 5.11 Å². The van der Waals surface area contributed by atoms with Crippen molar-refractivity contribution in [1.29, 1.82) is 0 Å². The summed E-state index contributed by atoms with van der Waals surface area (Å²) in [5.74, 6) is 3.45. The predicted octanol–water partition coefficient (Wildman–Crippen LogP) is 2.58. The van der Waals surface area contributed by atoms with Gasteiger partial charge in [0.2, 0.25) is 0 Å². The van der Waals surface area contributed by atoms with Crippen LogP contribution in [0.4, 0.5) is 5.82 Å². The normalized spacial score (nSPS) is 10.4. The highest BCUT2D eigenvalue weighted by Gasteiger charge is 2.12. The van der Waals surface area contributed by atoms with Crippen LogP contribution in [0.1, 0.15) is 18.9 Å². The van der Waals surface area contributed by atoms with Crippen molar-refractivity contribution in [3.8, 4) is 12.3 Å². The Kier molecular flexibility index (Phi) is 4.38. The molecule has 0 bridgehead atoms. The lowest BCUT2D eigenvalue weighted by Gasteiger charge is -2.23. The third-order valence-electron chi connectivity index (χ3n) is 3.03. The van der Waals surface area contributed by atoms with E-state index in [-0.39, 0.29) is 6.61 Å². The Labute approximate surface area is 113 Å². The lowest BCUT2D eigenvalue weighted by atomic mass is 10.1. The van der Waals surface area contributed by atoms with Crippen molar-refractivity contribution in [2.45, 2.75) is 20.0 Å². The number of hydrogen-bond acceptors (Lipinski definition) is 3. The van der Waals surface area contributed by atoms with Gasteiger partial charge in [0.15, 0.2) is 0 Å². The second kappa shape index (κ2) is 6.21. The number of terminal acetylenes is 1. The Morgan fingerprint density at radius 1 is 1.37 bits per heavy atom. The summed E-state index contributed by atoms with van der Waals surface area (Å²) >= 11 is 0. The van der Waals surface area contributed by atoms with Crippen LogP contribution in [0.25, 0.3) is 10.9 Å². The van der Waals surface area contributed by atoms with Crippen molar-refractivity contribution in [1.82, 2.24) is 4.98 Å². The van der Waals surface area contributed by atoms with Crippen molar-refractivity contribution >= 4 is 16.7 Å². The van der Waals surface area contributed by atoms with Crippen LogP contribution in [0.15, 0.2) is 30.3 Å². The van der Waals surface area contributed by atoms with E-state index in [0.29, 0.717) is 6.54 Å². The van der Waals surface area contributed by atoms with Gasteiger partial charge in [-0.3, -0.25) is 0 Å². The highest BCUT2D eigenvalue weighted by atomic mass is 16.3. The van der Waals surface area contributed by atoms with E-state index >= 15 is 0 Å². The summed E-state index contributed by atoms with van der Waals surface area (Å²) in [5, 5.41) is 10.6. The molecule has 2 aromatic rings. The zero-order chi connectivity index (χ0) is 13.7. The maximum absolute atomic E-state index is 9.54. The number of aromatic nitrogens is 1. The smallest absolute Gasteiger partial charge is 0.135 e. The maximum Gasteiger partial charge on any atom is 0.135 e. The van der Waals surface area contributed by atoms with Crippen molar-refractivity contribution in [3.05, 3.63) is 35.9 Å². The lowest BCUT2D eigenvalue weighted by Crippen LogP contribution is -2.26. The fourth-order valence-electron chi connectivity index (χ4n) is 2.18. The van der Waals surface area contributed by atoms with Gasteiger partial charge in [0.25, 0.3) is 0 Å². The molecule has 0 fully saturated rings. The lowest BCUT2D eigenvalue weighted by molar-refractivity contribution is 0.282. The molecule has 19 heavy (non-hydrogen) atoms. The molecule has 3 nitrogen and oxygen atoms in total. The number of aliphatic hydroxyl groups excluding tert-OH is 1. The molecule has 1 aromatic heterocycles. The minimum absolute atomic E-state index is 0.0298. The van der Waals surface area contributed by atoms with Crippen LogP contribution in [0, 0.1) is 12.3 Å². The number of rotatable bonds is 5. The highest BCUT2D eigenvalue weighted by molar-refractivity contribution is 5.81. The van der Waals surface area contributed by atoms with E-state index in [4.69, 9.17) is 6.42 Å². The average Bonchev–Trinajstić information content (AvgIpc) is 2.45. The number of aliphatic hydroxyl groups is 1. The van der Waals surface area contributed by atoms with E-state index in [1.165, 1.54) is 0 Å². The second-order valence-electron chi connectivity index (χ2n) is 4.45. The summed E-state index contributed by atoms with van der Waals surface area (Å²) in [6.07, 6.45) is 6.41. The molecular weight excluding hydrogens is 236 g/mol. The molecule has 0 saturated heterocycles. The molecular formula is C16H18N2O. The number of para-hydroxylation sites is 1. The Morgan fingerprint density at radius 2 is 2.16 bits per heavy atom. The SMILES string of the molecule is C#CCN(CCC)c1nc2ccccc2cc1CO. The minimum atomic E-state index is -0.0298. The van der Waals surface area contributed by atoms with Gasteiger partial charge in [0.05, 0.1) is 18.7 Å². The molecule has 0 saturated carbocycles. The van der Waals surface area contributed by atoms with Crippen molar-refractivity contribution < 1.29 is 5.11 Å². The zero-order valence-corrected chi connectivity index (χ0v) is 11.1. The summed E-state index contributed by atoms with van der Waals surface area (Å²) in [6, 6.07) is 9.88. The van der Waals surface area contributed by atoms with E-state index in [1.807, 2.05) is 35.2 Å². The molecule has 0 amide bonds. The van der Waals surface area contributed by atoms with Crippen LogP contribution < -0.4 is 4.90 Å². The van der Waals surface area contributed by atoms with Gasteiger partial charge in [0, 0.05) is 17.5 Å². The topological polar surface area (TPSA) is 36.4 Å². The number of nitrogens with zero attached hydrogens (tertiary/aromatic N) is 2. The fraction of sp³-hybridized carbons (Fsp3) is 0.312. The molecule has 1 N–H and O–H groups in total. The van der Waals surface area contributed by atoms with Crippen LogP contribution >= 0.6 is 0 Å². The van der Waals surface area contributed by atoms with Crippen LogP contribution in [0.3, 0.4) is 0 Å². The molecule has 98 valence electrons. The molecule has 1 heterocycles. The fourth-order valence-corrected chi connectivity index (χ4v) is 2.18. The Bertz CT molecular complexity index is 601. The monoisotopic (exact) mass is 254 g/mol. The molecule has 0 aliphatic heterocycles. The molecule has 1 aromatic carbocycles. The van der Waals surface area contributed by atoms with Gasteiger partial charge in [0.1, 0.15) is 5.82 Å². The van der Waals surface area contributed by atoms with E-state index < -0.39 is 0 Å². The molecule has 0 atom stereocenters. The van der Waals surface area contributed by atoms with Gasteiger partial charge < -0.3 is 10.0 Å². The predicted molar refractivity (Wildman–Crippen MR) is 79.0 cm³/mol. The largest absolute Gasteiger partial charge is 0.392 e. The van der Waals surface area contributed by atoms with Gasteiger partial charge in [-0.05, 0) is 18.6 Å². The van der Waals surface area contributed by atoms with Gasteiger partial charge in [-0.15, -0.1) is 6.42 Å². The molecule has 0 radical (unpaired) electrons. The van der Waals surface area contributed by atoms with Crippen LogP contribution in [0.5, 0.6) is 0 Å². The third kappa shape index (κ3) is 2.86. The Hall–Kier alpha value is -2.05. The number of fused-ring (bicyclic) bond motifs is 1. The molecule has 2 rings (SSSR count). The number of benzene rings is 1. The average molecular weight is 254 g/mol. The quantitative estimate of drug-likeness (QED) is 0.833. The van der Waals surface area contributed by atoms with Crippen molar-refractivity contribution in [2.75, 3.05) is 18.0 Å². The van der Waals surface area contributed by atoms with Crippen LogP contribution in [-0.2, 0) is 6.61 Å². The van der Waals surface area contributed by atoms with E-state index in [0.717, 1.165) is 35.2 Å². The first kappa shape index (κ1) is 13.4. The van der Waals surface area contributed by atoms with Crippen LogP contribution in [-0.4, -0.2) is 23.2 Å². The molecule has 0 aliphatic rings. The van der Waals surface area contributed by atoms with Gasteiger partial charge in [-0.25, -0.2) is 4.98 Å². The zero-order valence-electron chi connectivity index (χ0n) is 11.1. The van der Waals surface area contributed by atoms with Crippen LogP contribution in [0.2, 0.25) is 0 Å². The first-order chi connectivity index (χ1) is 9.30. The maximum atomic E-state index is 9.54. The molecule has 3 heteroatoms. The number of anilines is 1. The first-order valence-electron chi connectivity index (χ1n) is 6.48. The van der Waals surface area contributed by atoms with Gasteiger partial charge in [-0.1, -0.05) is 31.0 Å². The van der Waals surface area contributed by atoms with Gasteiger partial charge in [-0.2, -0.15) is 0 Å². The molecule has 0 spiro atoms. The molecule has 0 unspecified atom stereocenters. The minimum Gasteiger partial charge on any atom is -0.392 e. The Morgan fingerprint density at radius 3 is 2.84 bits per heavy atom. The highest BCUT2D eigenvalue weighted by Crippen LogP contribution is 2.23. The summed E-state index contributed by atoms with van der Waals surface area (Å²) in [7, 11) is 0. The van der Waals surface area contributed by atoms with Crippen molar-refractivity contribution in [3.63, 3.8) is 0 Å². The summed E-state index contributed by atoms with van der Waals surface area (Å²) < 4.78 is 0. The second-order valence-corrected chi connectivity index (χ2v) is 4.45. The third-order valence-corrected chi connectivity index (χ3v) is 3.03. The summed E-state index contributed by atoms with van der Waals surface area (Å²) in [4.78, 5) is 6.69. The van der Waals surface area contributed by atoms with E-state index in [2.05, 4.69) is 17.8 Å².